The molecule has 3 aromatic rings. The zero-order chi connectivity index (χ0) is 32.7. The summed E-state index contributed by atoms with van der Waals surface area (Å²) in [6.07, 6.45) is 7.43. The molecule has 16 heteroatoms. The summed E-state index contributed by atoms with van der Waals surface area (Å²) in [5, 5.41) is 17.5. The molecule has 1 aliphatic carbocycles. The highest BCUT2D eigenvalue weighted by molar-refractivity contribution is 7.17. The van der Waals surface area contributed by atoms with Crippen LogP contribution >= 0.6 is 11.3 Å². The fourth-order valence-corrected chi connectivity index (χ4v) is 7.27. The largest absolute Gasteiger partial charge is 0.494 e. The predicted molar refractivity (Wildman–Crippen MR) is 186 cm³/mol. The first-order valence-corrected chi connectivity index (χ1v) is 16.6. The molecule has 2 aliphatic heterocycles. The zero-order valence-electron chi connectivity index (χ0n) is 27.2. The third-order valence-corrected chi connectivity index (χ3v) is 9.82. The lowest BCUT2D eigenvalue weighted by Crippen LogP contribution is -2.51. The number of carbonyl (C=O) groups is 3. The van der Waals surface area contributed by atoms with Crippen LogP contribution in [0, 0.1) is 5.92 Å². The molecule has 3 atom stereocenters. The number of hydrogen-bond donors (Lipinski definition) is 3. The molecule has 1 unspecified atom stereocenters. The van der Waals surface area contributed by atoms with Gasteiger partial charge in [0.15, 0.2) is 17.3 Å². The van der Waals surface area contributed by atoms with Gasteiger partial charge in [0, 0.05) is 30.1 Å². The van der Waals surface area contributed by atoms with Gasteiger partial charge in [0.2, 0.25) is 5.91 Å². The maximum atomic E-state index is 13.8. The predicted octanol–water partition coefficient (Wildman–Crippen LogP) is 0.638. The van der Waals surface area contributed by atoms with E-state index < -0.39 is 11.1 Å². The molecule has 3 amide bonds. The molecule has 238 valence electrons. The number of fused-ring (bicyclic) bond motifs is 2. The standard InChI is InChI=1S/C30H39B3N8O4S/c1-40(2)18-11-16-9-10-17(12-18)41(16)29(44)22-14-34-28(46-22)19-5-4-6-20(25(19)45-3)35-21-13-23(36-26(42)15-7-8-15)38-39-24(21)27(43)37-30(31,32)33/h4-6,13-18H,7-12,31-33H2,1-3H3,(H,37,43)(H2,35,36,38,42)/t16-,17+,18?. The second-order valence-electron chi connectivity index (χ2n) is 13.7. The van der Waals surface area contributed by atoms with Gasteiger partial charge in [0.05, 0.1) is 30.2 Å². The van der Waals surface area contributed by atoms with Crippen molar-refractivity contribution in [2.75, 3.05) is 31.8 Å². The van der Waals surface area contributed by atoms with Crippen molar-refractivity contribution < 1.29 is 19.1 Å². The Morgan fingerprint density at radius 1 is 1.04 bits per heavy atom. The minimum Gasteiger partial charge on any atom is -0.494 e. The maximum absolute atomic E-state index is 13.8. The number of ether oxygens (including phenoxy) is 1. The number of thiazole rings is 1. The first-order chi connectivity index (χ1) is 21.9. The van der Waals surface area contributed by atoms with Crippen LogP contribution in [0.25, 0.3) is 10.6 Å². The highest BCUT2D eigenvalue weighted by Gasteiger charge is 2.44. The van der Waals surface area contributed by atoms with Gasteiger partial charge in [-0.05, 0) is 70.0 Å². The van der Waals surface area contributed by atoms with E-state index in [9.17, 15) is 14.4 Å². The molecule has 2 bridgehead atoms. The van der Waals surface area contributed by atoms with Crippen molar-refractivity contribution in [3.63, 3.8) is 0 Å². The summed E-state index contributed by atoms with van der Waals surface area (Å²) >= 11 is 1.35. The van der Waals surface area contributed by atoms with E-state index in [0.29, 0.717) is 38.6 Å². The molecule has 2 saturated heterocycles. The summed E-state index contributed by atoms with van der Waals surface area (Å²) in [5.41, 5.74) is 1.69. The van der Waals surface area contributed by atoms with Gasteiger partial charge in [-0.15, -0.1) is 21.5 Å². The van der Waals surface area contributed by atoms with E-state index in [1.54, 1.807) is 19.4 Å². The summed E-state index contributed by atoms with van der Waals surface area (Å²) in [6, 6.07) is 8.18. The maximum Gasteiger partial charge on any atom is 0.272 e. The molecule has 1 aromatic carbocycles. The molecule has 46 heavy (non-hydrogen) atoms. The summed E-state index contributed by atoms with van der Waals surface area (Å²) in [6.45, 7) is 0. The summed E-state index contributed by atoms with van der Waals surface area (Å²) in [7, 11) is 11.4. The van der Waals surface area contributed by atoms with Crippen LogP contribution in [-0.2, 0) is 4.79 Å². The van der Waals surface area contributed by atoms with Crippen LogP contribution in [0.1, 0.15) is 58.7 Å². The number of rotatable bonds is 10. The quantitative estimate of drug-likeness (QED) is 0.273. The van der Waals surface area contributed by atoms with Crippen molar-refractivity contribution in [2.45, 2.75) is 61.9 Å². The lowest BCUT2D eigenvalue weighted by atomic mass is 9.49. The molecule has 3 aliphatic rings. The number of methoxy groups -OCH3 is 1. The number of hydrogen-bond acceptors (Lipinski definition) is 10. The van der Waals surface area contributed by atoms with Crippen molar-refractivity contribution >= 4 is 69.8 Å². The second-order valence-corrected chi connectivity index (χ2v) is 14.7. The van der Waals surface area contributed by atoms with Crippen LogP contribution < -0.4 is 20.7 Å². The highest BCUT2D eigenvalue weighted by Crippen LogP contribution is 2.42. The molecule has 0 radical (unpaired) electrons. The van der Waals surface area contributed by atoms with Gasteiger partial charge in [-0.25, -0.2) is 4.98 Å². The second kappa shape index (κ2) is 12.7. The number of para-hydroxylation sites is 1. The molecule has 6 rings (SSSR count). The minimum atomic E-state index is -0.506. The van der Waals surface area contributed by atoms with Crippen LogP contribution in [0.3, 0.4) is 0 Å². The molecule has 3 fully saturated rings. The molecule has 2 aromatic heterocycles. The highest BCUT2D eigenvalue weighted by atomic mass is 32.1. The average Bonchev–Trinajstić information content (AvgIpc) is 3.68. The monoisotopic (exact) mass is 640 g/mol. The number of amides is 3. The number of benzene rings is 1. The summed E-state index contributed by atoms with van der Waals surface area (Å²) < 4.78 is 5.88. The number of aromatic nitrogens is 3. The van der Waals surface area contributed by atoms with Gasteiger partial charge in [0.1, 0.15) is 33.4 Å². The topological polar surface area (TPSA) is 142 Å². The normalized spacial score (nSPS) is 20.8. The van der Waals surface area contributed by atoms with Crippen molar-refractivity contribution in [2.24, 2.45) is 5.92 Å². The molecule has 1 saturated carbocycles. The number of nitrogens with zero attached hydrogens (tertiary/aromatic N) is 5. The number of piperidine rings is 1. The zero-order valence-corrected chi connectivity index (χ0v) is 28.0. The van der Waals surface area contributed by atoms with Gasteiger partial charge >= 0.3 is 0 Å². The fraction of sp³-hybridized carbons (Fsp3) is 0.467. The summed E-state index contributed by atoms with van der Waals surface area (Å²) in [5.74, 6) is 0.229. The summed E-state index contributed by atoms with van der Waals surface area (Å²) in [4.78, 5) is 49.1. The Bertz CT molecular complexity index is 1650. The van der Waals surface area contributed by atoms with E-state index in [4.69, 9.17) is 4.74 Å². The van der Waals surface area contributed by atoms with Crippen LogP contribution in [-0.4, -0.2) is 111 Å². The Kier molecular flexibility index (Phi) is 8.86. The smallest absolute Gasteiger partial charge is 0.272 e. The third-order valence-electron chi connectivity index (χ3n) is 8.81. The Balaban J connectivity index is 1.28. The Hall–Kier alpha value is -3.91. The first-order valence-electron chi connectivity index (χ1n) is 15.8. The first kappa shape index (κ1) is 32.1. The third kappa shape index (κ3) is 6.78. The fourth-order valence-electron chi connectivity index (χ4n) is 6.38. The number of nitrogens with one attached hydrogen (secondary N) is 3. The molecular formula is C30H39B3N8O4S. The number of carbonyl (C=O) groups excluding carboxylic acids is 3. The van der Waals surface area contributed by atoms with Crippen LogP contribution in [0.15, 0.2) is 30.5 Å². The molecule has 4 heterocycles. The van der Waals surface area contributed by atoms with E-state index in [0.717, 1.165) is 38.5 Å². The van der Waals surface area contributed by atoms with Crippen molar-refractivity contribution in [3.8, 4) is 16.3 Å². The molecule has 0 spiro atoms. The van der Waals surface area contributed by atoms with E-state index in [2.05, 4.69) is 55.0 Å². The SMILES string of the molecule is BC(B)(B)NC(=O)c1nnc(NC(=O)C2CC2)cc1Nc1cccc(-c2ncc(C(=O)N3[C@@H]4CC[C@H]3CC(N(C)C)C4)s2)c1OC. The Morgan fingerprint density at radius 2 is 1.76 bits per heavy atom. The molecule has 12 nitrogen and oxygen atoms in total. The molecule has 3 N–H and O–H groups in total. The van der Waals surface area contributed by atoms with Gasteiger partial charge in [-0.2, -0.15) is 0 Å². The van der Waals surface area contributed by atoms with Crippen molar-refractivity contribution in [1.82, 2.24) is 30.3 Å². The lowest BCUT2D eigenvalue weighted by Gasteiger charge is -2.41. The van der Waals surface area contributed by atoms with E-state index >= 15 is 0 Å². The molecular weight excluding hydrogens is 601 g/mol. The van der Waals surface area contributed by atoms with Crippen molar-refractivity contribution in [3.05, 3.63) is 41.0 Å². The Labute approximate surface area is 275 Å². The van der Waals surface area contributed by atoms with Gasteiger partial charge in [0.25, 0.3) is 11.8 Å². The van der Waals surface area contributed by atoms with Crippen LogP contribution in [0.5, 0.6) is 5.75 Å². The van der Waals surface area contributed by atoms with Crippen LogP contribution in [0.2, 0.25) is 0 Å². The Morgan fingerprint density at radius 3 is 2.39 bits per heavy atom. The van der Waals surface area contributed by atoms with E-state index in [1.807, 2.05) is 41.7 Å². The minimum absolute atomic E-state index is 0.0195. The van der Waals surface area contributed by atoms with E-state index in [1.165, 1.54) is 11.3 Å². The number of anilines is 3. The van der Waals surface area contributed by atoms with Gasteiger partial charge in [-0.3, -0.25) is 14.4 Å². The average molecular weight is 640 g/mol. The lowest BCUT2D eigenvalue weighted by molar-refractivity contribution is -0.117. The van der Waals surface area contributed by atoms with Crippen LogP contribution in [0.4, 0.5) is 17.2 Å². The van der Waals surface area contributed by atoms with Gasteiger partial charge < -0.3 is 30.5 Å². The van der Waals surface area contributed by atoms with E-state index in [-0.39, 0.29) is 41.3 Å². The van der Waals surface area contributed by atoms with Crippen molar-refractivity contribution in [1.29, 1.82) is 0 Å². The van der Waals surface area contributed by atoms with Gasteiger partial charge in [-0.1, -0.05) is 6.07 Å².